The maximum absolute atomic E-state index is 12.3. The maximum atomic E-state index is 12.3. The third-order valence-electron chi connectivity index (χ3n) is 3.68. The fourth-order valence-electron chi connectivity index (χ4n) is 2.43. The van der Waals surface area contributed by atoms with Crippen molar-refractivity contribution in [1.29, 1.82) is 0 Å². The van der Waals surface area contributed by atoms with Crippen LogP contribution in [0.25, 0.3) is 22.6 Å². The van der Waals surface area contributed by atoms with E-state index in [1.165, 1.54) is 0 Å². The fraction of sp³-hybridized carbons (Fsp3) is 0. The lowest BCUT2D eigenvalue weighted by atomic mass is 10.2. The Hall–Kier alpha value is -2.74. The van der Waals surface area contributed by atoms with Crippen LogP contribution in [0.3, 0.4) is 0 Å². The summed E-state index contributed by atoms with van der Waals surface area (Å²) in [6.07, 6.45) is 3.38. The minimum absolute atomic E-state index is 0.159. The van der Waals surface area contributed by atoms with Gasteiger partial charge in [-0.1, -0.05) is 0 Å². The number of benzene rings is 2. The molecule has 2 aromatic heterocycles. The number of fused-ring (bicyclic) bond motifs is 1. The summed E-state index contributed by atoms with van der Waals surface area (Å²) < 4.78 is 6.84. The van der Waals surface area contributed by atoms with E-state index in [1.807, 2.05) is 24.3 Å². The molecule has 6 heteroatoms. The van der Waals surface area contributed by atoms with Gasteiger partial charge in [-0.25, -0.2) is 4.98 Å². The number of pyridine rings is 1. The maximum Gasteiger partial charge on any atom is 0.255 e. The second-order valence-corrected chi connectivity index (χ2v) is 6.64. The predicted octanol–water partition coefficient (Wildman–Crippen LogP) is 4.75. The summed E-state index contributed by atoms with van der Waals surface area (Å²) in [4.78, 5) is 20.8. The molecular formula is C19H12IN3O2. The third-order valence-corrected chi connectivity index (χ3v) is 4.40. The standard InChI is InChI=1S/C19H12IN3O2/c20-14-3-1-12(2-4-14)18(24)22-15-5-6-17-16(11-15)23-19(25-17)13-7-9-21-10-8-13/h1-11H,(H,22,24). The second kappa shape index (κ2) is 6.64. The number of aromatic nitrogens is 2. The van der Waals surface area contributed by atoms with Crippen molar-refractivity contribution in [3.8, 4) is 11.5 Å². The Kier molecular flexibility index (Phi) is 4.19. The zero-order valence-electron chi connectivity index (χ0n) is 12.9. The molecule has 0 saturated carbocycles. The van der Waals surface area contributed by atoms with Gasteiger partial charge in [-0.2, -0.15) is 0 Å². The molecule has 0 aliphatic carbocycles. The van der Waals surface area contributed by atoms with E-state index in [9.17, 15) is 4.79 Å². The monoisotopic (exact) mass is 441 g/mol. The van der Waals surface area contributed by atoms with Crippen LogP contribution in [0.15, 0.2) is 71.4 Å². The predicted molar refractivity (Wildman–Crippen MR) is 104 cm³/mol. The number of rotatable bonds is 3. The summed E-state index contributed by atoms with van der Waals surface area (Å²) in [6.45, 7) is 0. The van der Waals surface area contributed by atoms with Gasteiger partial charge in [0.25, 0.3) is 5.91 Å². The number of amides is 1. The summed E-state index contributed by atoms with van der Waals surface area (Å²) in [7, 11) is 0. The Morgan fingerprint density at radius 1 is 1.00 bits per heavy atom. The first-order valence-corrected chi connectivity index (χ1v) is 8.65. The SMILES string of the molecule is O=C(Nc1ccc2oc(-c3ccncc3)nc2c1)c1ccc(I)cc1. The molecule has 0 saturated heterocycles. The van der Waals surface area contributed by atoms with Crippen LogP contribution in [0.5, 0.6) is 0 Å². The molecule has 0 aliphatic rings. The molecule has 0 fully saturated rings. The average Bonchev–Trinajstić information content (AvgIpc) is 3.06. The number of oxazole rings is 1. The second-order valence-electron chi connectivity index (χ2n) is 5.40. The Balaban J connectivity index is 1.61. The molecule has 0 spiro atoms. The van der Waals surface area contributed by atoms with Crippen LogP contribution in [0.2, 0.25) is 0 Å². The Labute approximate surface area is 157 Å². The highest BCUT2D eigenvalue weighted by molar-refractivity contribution is 14.1. The summed E-state index contributed by atoms with van der Waals surface area (Å²) >= 11 is 2.21. The largest absolute Gasteiger partial charge is 0.436 e. The van der Waals surface area contributed by atoms with E-state index < -0.39 is 0 Å². The van der Waals surface area contributed by atoms with E-state index in [0.717, 1.165) is 9.13 Å². The van der Waals surface area contributed by atoms with Crippen molar-refractivity contribution in [2.45, 2.75) is 0 Å². The first-order chi connectivity index (χ1) is 12.2. The van der Waals surface area contributed by atoms with E-state index in [4.69, 9.17) is 4.42 Å². The van der Waals surface area contributed by atoms with Gasteiger partial charge < -0.3 is 9.73 Å². The van der Waals surface area contributed by atoms with Crippen molar-refractivity contribution in [3.05, 3.63) is 76.1 Å². The van der Waals surface area contributed by atoms with Crippen molar-refractivity contribution in [1.82, 2.24) is 9.97 Å². The smallest absolute Gasteiger partial charge is 0.255 e. The quantitative estimate of drug-likeness (QED) is 0.466. The minimum Gasteiger partial charge on any atom is -0.436 e. The zero-order valence-corrected chi connectivity index (χ0v) is 15.1. The minimum atomic E-state index is -0.159. The Morgan fingerprint density at radius 2 is 1.76 bits per heavy atom. The van der Waals surface area contributed by atoms with Gasteiger partial charge in [0, 0.05) is 32.8 Å². The summed E-state index contributed by atoms with van der Waals surface area (Å²) in [5.41, 5.74) is 3.49. The number of nitrogens with one attached hydrogen (secondary N) is 1. The molecule has 25 heavy (non-hydrogen) atoms. The normalized spacial score (nSPS) is 10.8. The van der Waals surface area contributed by atoms with Crippen LogP contribution in [0.4, 0.5) is 5.69 Å². The molecule has 1 N–H and O–H groups in total. The van der Waals surface area contributed by atoms with Crippen molar-refractivity contribution in [2.75, 3.05) is 5.32 Å². The number of hydrogen-bond donors (Lipinski definition) is 1. The van der Waals surface area contributed by atoms with Crippen LogP contribution in [-0.2, 0) is 0 Å². The molecule has 5 nitrogen and oxygen atoms in total. The van der Waals surface area contributed by atoms with Gasteiger partial charge in [-0.05, 0) is 77.2 Å². The van der Waals surface area contributed by atoms with Crippen LogP contribution in [0, 0.1) is 3.57 Å². The van der Waals surface area contributed by atoms with E-state index in [0.29, 0.717) is 28.2 Å². The molecular weight excluding hydrogens is 429 g/mol. The van der Waals surface area contributed by atoms with Crippen molar-refractivity contribution in [3.63, 3.8) is 0 Å². The molecule has 4 aromatic rings. The summed E-state index contributed by atoms with van der Waals surface area (Å²) in [5.74, 6) is 0.368. The van der Waals surface area contributed by atoms with E-state index >= 15 is 0 Å². The Morgan fingerprint density at radius 3 is 2.52 bits per heavy atom. The highest BCUT2D eigenvalue weighted by Gasteiger charge is 2.10. The van der Waals surface area contributed by atoms with Crippen molar-refractivity contribution in [2.24, 2.45) is 0 Å². The lowest BCUT2D eigenvalue weighted by molar-refractivity contribution is 0.102. The molecule has 0 bridgehead atoms. The lowest BCUT2D eigenvalue weighted by Gasteiger charge is -2.05. The van der Waals surface area contributed by atoms with Crippen LogP contribution < -0.4 is 5.32 Å². The highest BCUT2D eigenvalue weighted by atomic mass is 127. The van der Waals surface area contributed by atoms with Gasteiger partial charge in [0.15, 0.2) is 5.58 Å². The average molecular weight is 441 g/mol. The van der Waals surface area contributed by atoms with Gasteiger partial charge >= 0.3 is 0 Å². The fourth-order valence-corrected chi connectivity index (χ4v) is 2.79. The van der Waals surface area contributed by atoms with Crippen LogP contribution >= 0.6 is 22.6 Å². The summed E-state index contributed by atoms with van der Waals surface area (Å²) in [6, 6.07) is 16.5. The number of anilines is 1. The van der Waals surface area contributed by atoms with Crippen LogP contribution in [0.1, 0.15) is 10.4 Å². The van der Waals surface area contributed by atoms with Crippen molar-refractivity contribution >= 4 is 45.3 Å². The number of carbonyl (C=O) groups is 1. The number of carbonyl (C=O) groups excluding carboxylic acids is 1. The Bertz CT molecular complexity index is 1040. The van der Waals surface area contributed by atoms with E-state index in [1.54, 1.807) is 42.7 Å². The van der Waals surface area contributed by atoms with Gasteiger partial charge in [-0.3, -0.25) is 9.78 Å². The van der Waals surface area contributed by atoms with Crippen LogP contribution in [-0.4, -0.2) is 15.9 Å². The van der Waals surface area contributed by atoms with Gasteiger partial charge in [-0.15, -0.1) is 0 Å². The molecule has 0 atom stereocenters. The number of halogens is 1. The first-order valence-electron chi connectivity index (χ1n) is 7.57. The molecule has 1 amide bonds. The summed E-state index contributed by atoms with van der Waals surface area (Å²) in [5, 5.41) is 2.89. The molecule has 122 valence electrons. The lowest BCUT2D eigenvalue weighted by Crippen LogP contribution is -2.11. The zero-order chi connectivity index (χ0) is 17.2. The van der Waals surface area contributed by atoms with Gasteiger partial charge in [0.05, 0.1) is 0 Å². The molecule has 2 heterocycles. The number of hydrogen-bond acceptors (Lipinski definition) is 4. The molecule has 2 aromatic carbocycles. The molecule has 0 unspecified atom stereocenters. The third kappa shape index (κ3) is 3.39. The molecule has 0 aliphatic heterocycles. The van der Waals surface area contributed by atoms with Crippen molar-refractivity contribution < 1.29 is 9.21 Å². The molecule has 0 radical (unpaired) electrons. The van der Waals surface area contributed by atoms with E-state index in [-0.39, 0.29) is 5.91 Å². The number of nitrogens with zero attached hydrogens (tertiary/aromatic N) is 2. The molecule has 4 rings (SSSR count). The highest BCUT2D eigenvalue weighted by Crippen LogP contribution is 2.26. The van der Waals surface area contributed by atoms with Gasteiger partial charge in [0.1, 0.15) is 5.52 Å². The van der Waals surface area contributed by atoms with E-state index in [2.05, 4.69) is 37.9 Å². The first kappa shape index (κ1) is 15.8. The topological polar surface area (TPSA) is 68.0 Å². The van der Waals surface area contributed by atoms with Gasteiger partial charge in [0.2, 0.25) is 5.89 Å².